The number of carbonyl (C=O) groups excluding carboxylic acids is 1. The Labute approximate surface area is 141 Å². The molecular weight excluding hydrogens is 291 g/mol. The molecular formula is C20H33FO2. The number of ketones is 1. The van der Waals surface area contributed by atoms with E-state index < -0.39 is 0 Å². The Morgan fingerprint density at radius 3 is 2.39 bits per heavy atom. The maximum Gasteiger partial charge on any atom is 0.168 e. The van der Waals surface area contributed by atoms with Crippen LogP contribution in [0.15, 0.2) is 12.1 Å². The van der Waals surface area contributed by atoms with Crippen molar-refractivity contribution < 1.29 is 13.9 Å². The number of rotatable bonds is 9. The molecule has 1 rings (SSSR count). The first-order chi connectivity index (χ1) is 10.9. The number of aryl methyl sites for hydroxylation is 1. The molecule has 0 aliphatic rings. The summed E-state index contributed by atoms with van der Waals surface area (Å²) in [5, 5.41) is 0. The molecule has 0 unspecified atom stereocenters. The zero-order valence-electron chi connectivity index (χ0n) is 15.7. The van der Waals surface area contributed by atoms with Crippen molar-refractivity contribution in [3.63, 3.8) is 0 Å². The summed E-state index contributed by atoms with van der Waals surface area (Å²) in [5.41, 5.74) is 1.72. The first-order valence-electron chi connectivity index (χ1n) is 8.82. The van der Waals surface area contributed by atoms with Crippen LogP contribution < -0.4 is 4.74 Å². The van der Waals surface area contributed by atoms with Crippen LogP contribution in [0, 0.1) is 18.7 Å². The normalized spacial score (nSPS) is 10.3. The molecule has 0 atom stereocenters. The summed E-state index contributed by atoms with van der Waals surface area (Å²) in [4.78, 5) is 10.9. The molecule has 0 radical (unpaired) electrons. The standard InChI is InChI=1S/C18H27FO2.C2H6/c1-13(2)12-21-17-11-10-14(3)16(18(17)19)9-7-5-6-8-15(4)20;1-2/h10-11,13H,5-9,12H2,1-4H3;1-2H3. The van der Waals surface area contributed by atoms with Crippen LogP contribution in [0.3, 0.4) is 0 Å². The van der Waals surface area contributed by atoms with Crippen LogP contribution in [0.1, 0.15) is 71.4 Å². The fraction of sp³-hybridized carbons (Fsp3) is 0.650. The molecule has 132 valence electrons. The quantitative estimate of drug-likeness (QED) is 0.530. The zero-order valence-corrected chi connectivity index (χ0v) is 15.7. The second-order valence-electron chi connectivity index (χ2n) is 6.14. The molecule has 0 aliphatic carbocycles. The van der Waals surface area contributed by atoms with E-state index >= 15 is 0 Å². The van der Waals surface area contributed by atoms with E-state index in [0.717, 1.165) is 30.4 Å². The maximum absolute atomic E-state index is 14.4. The molecule has 0 amide bonds. The highest BCUT2D eigenvalue weighted by Gasteiger charge is 2.12. The molecule has 1 aromatic carbocycles. The van der Waals surface area contributed by atoms with Crippen molar-refractivity contribution in [3.05, 3.63) is 29.1 Å². The lowest BCUT2D eigenvalue weighted by molar-refractivity contribution is -0.117. The molecule has 23 heavy (non-hydrogen) atoms. The predicted molar refractivity (Wildman–Crippen MR) is 95.7 cm³/mol. The highest BCUT2D eigenvalue weighted by atomic mass is 19.1. The molecule has 0 spiro atoms. The molecule has 0 saturated heterocycles. The molecule has 0 N–H and O–H groups in total. The van der Waals surface area contributed by atoms with Gasteiger partial charge in [0.2, 0.25) is 0 Å². The van der Waals surface area contributed by atoms with E-state index in [9.17, 15) is 9.18 Å². The minimum atomic E-state index is -0.220. The minimum absolute atomic E-state index is 0.220. The largest absolute Gasteiger partial charge is 0.490 e. The second-order valence-corrected chi connectivity index (χ2v) is 6.14. The topological polar surface area (TPSA) is 26.3 Å². The van der Waals surface area contributed by atoms with Gasteiger partial charge in [0.1, 0.15) is 5.78 Å². The molecule has 0 aliphatic heterocycles. The number of carbonyl (C=O) groups is 1. The van der Waals surface area contributed by atoms with Gasteiger partial charge in [0.25, 0.3) is 0 Å². The van der Waals surface area contributed by atoms with Crippen molar-refractivity contribution in [3.8, 4) is 5.75 Å². The highest BCUT2D eigenvalue weighted by Crippen LogP contribution is 2.25. The summed E-state index contributed by atoms with van der Waals surface area (Å²) in [6.07, 6.45) is 4.07. The summed E-state index contributed by atoms with van der Waals surface area (Å²) in [6.45, 7) is 12.2. The van der Waals surface area contributed by atoms with Gasteiger partial charge in [0.05, 0.1) is 6.61 Å². The van der Waals surface area contributed by atoms with Crippen LogP contribution >= 0.6 is 0 Å². The molecule has 2 nitrogen and oxygen atoms in total. The first-order valence-corrected chi connectivity index (χ1v) is 8.82. The first kappa shape index (κ1) is 21.6. The Bertz CT molecular complexity index is 467. The molecule has 0 bridgehead atoms. The lowest BCUT2D eigenvalue weighted by atomic mass is 10.0. The van der Waals surface area contributed by atoms with Crippen LogP contribution in [-0.2, 0) is 11.2 Å². The van der Waals surface area contributed by atoms with Gasteiger partial charge in [-0.1, -0.05) is 40.2 Å². The van der Waals surface area contributed by atoms with Crippen LogP contribution in [0.2, 0.25) is 0 Å². The van der Waals surface area contributed by atoms with Crippen molar-refractivity contribution >= 4 is 5.78 Å². The Kier molecular flexibility index (Phi) is 11.4. The molecule has 1 aromatic rings. The minimum Gasteiger partial charge on any atom is -0.490 e. The zero-order chi connectivity index (χ0) is 17.8. The molecule has 0 heterocycles. The maximum atomic E-state index is 14.4. The number of ether oxygens (including phenoxy) is 1. The number of unbranched alkanes of at least 4 members (excludes halogenated alkanes) is 2. The summed E-state index contributed by atoms with van der Waals surface area (Å²) in [5.74, 6) is 0.734. The van der Waals surface area contributed by atoms with E-state index in [1.54, 1.807) is 13.0 Å². The van der Waals surface area contributed by atoms with Crippen LogP contribution in [0.25, 0.3) is 0 Å². The third-order valence-electron chi connectivity index (χ3n) is 3.47. The molecule has 0 aromatic heterocycles. The Morgan fingerprint density at radius 1 is 1.17 bits per heavy atom. The van der Waals surface area contributed by atoms with E-state index in [1.165, 1.54) is 0 Å². The SMILES string of the molecule is CC.CC(=O)CCCCCc1c(C)ccc(OCC(C)C)c1F. The smallest absolute Gasteiger partial charge is 0.168 e. The lowest BCUT2D eigenvalue weighted by Gasteiger charge is -2.14. The van der Waals surface area contributed by atoms with Crippen LogP contribution in [-0.4, -0.2) is 12.4 Å². The summed E-state index contributed by atoms with van der Waals surface area (Å²) >= 11 is 0. The van der Waals surface area contributed by atoms with Gasteiger partial charge in [-0.15, -0.1) is 0 Å². The van der Waals surface area contributed by atoms with Gasteiger partial charge in [0.15, 0.2) is 11.6 Å². The van der Waals surface area contributed by atoms with Crippen molar-refractivity contribution in [2.45, 2.75) is 73.6 Å². The molecule has 0 saturated carbocycles. The number of halogens is 1. The van der Waals surface area contributed by atoms with Gasteiger partial charge < -0.3 is 9.53 Å². The van der Waals surface area contributed by atoms with E-state index in [-0.39, 0.29) is 11.6 Å². The average Bonchev–Trinajstić information content (AvgIpc) is 2.50. The monoisotopic (exact) mass is 324 g/mol. The summed E-state index contributed by atoms with van der Waals surface area (Å²) < 4.78 is 20.0. The van der Waals surface area contributed by atoms with Crippen LogP contribution in [0.5, 0.6) is 5.75 Å². The van der Waals surface area contributed by atoms with Gasteiger partial charge in [0, 0.05) is 6.42 Å². The number of Topliss-reactive ketones (excluding diaryl/α,β-unsaturated/α-hetero) is 1. The van der Waals surface area contributed by atoms with E-state index in [2.05, 4.69) is 0 Å². The Morgan fingerprint density at radius 2 is 1.83 bits per heavy atom. The fourth-order valence-corrected chi connectivity index (χ4v) is 2.22. The summed E-state index contributed by atoms with van der Waals surface area (Å²) in [7, 11) is 0. The van der Waals surface area contributed by atoms with Crippen molar-refractivity contribution in [2.24, 2.45) is 5.92 Å². The Hall–Kier alpha value is -1.38. The van der Waals surface area contributed by atoms with E-state index in [0.29, 0.717) is 31.1 Å². The predicted octanol–water partition coefficient (Wildman–Crippen LogP) is 5.89. The van der Waals surface area contributed by atoms with Crippen molar-refractivity contribution in [1.29, 1.82) is 0 Å². The van der Waals surface area contributed by atoms with Gasteiger partial charge in [-0.2, -0.15) is 0 Å². The summed E-state index contributed by atoms with van der Waals surface area (Å²) in [6, 6.07) is 3.63. The lowest BCUT2D eigenvalue weighted by Crippen LogP contribution is -2.07. The number of hydrogen-bond acceptors (Lipinski definition) is 2. The Balaban J connectivity index is 0.00000232. The van der Waals surface area contributed by atoms with Crippen LogP contribution in [0.4, 0.5) is 4.39 Å². The van der Waals surface area contributed by atoms with Gasteiger partial charge in [-0.25, -0.2) is 4.39 Å². The highest BCUT2D eigenvalue weighted by molar-refractivity contribution is 5.75. The van der Waals surface area contributed by atoms with E-state index in [1.807, 2.05) is 40.7 Å². The molecule has 3 heteroatoms. The number of hydrogen-bond donors (Lipinski definition) is 0. The third-order valence-corrected chi connectivity index (χ3v) is 3.47. The number of benzene rings is 1. The third kappa shape index (κ3) is 8.73. The van der Waals surface area contributed by atoms with Gasteiger partial charge in [-0.05, 0) is 56.2 Å². The van der Waals surface area contributed by atoms with Gasteiger partial charge >= 0.3 is 0 Å². The van der Waals surface area contributed by atoms with Crippen molar-refractivity contribution in [1.82, 2.24) is 0 Å². The average molecular weight is 324 g/mol. The second kappa shape index (κ2) is 12.1. The van der Waals surface area contributed by atoms with E-state index in [4.69, 9.17) is 4.74 Å². The van der Waals surface area contributed by atoms with Gasteiger partial charge in [-0.3, -0.25) is 0 Å². The van der Waals surface area contributed by atoms with Crippen molar-refractivity contribution in [2.75, 3.05) is 6.61 Å². The molecule has 0 fully saturated rings. The fourth-order valence-electron chi connectivity index (χ4n) is 2.22.